The molecule has 0 aliphatic rings. The second-order valence-electron chi connectivity index (χ2n) is 4.85. The van der Waals surface area contributed by atoms with Crippen molar-refractivity contribution in [1.82, 2.24) is 9.29 Å². The number of rotatable bonds is 4. The van der Waals surface area contributed by atoms with E-state index < -0.39 is 15.9 Å². The Hall–Kier alpha value is -2.32. The highest BCUT2D eigenvalue weighted by Gasteiger charge is 2.19. The van der Waals surface area contributed by atoms with Gasteiger partial charge in [0.2, 0.25) is 10.0 Å². The molecular formula is C14H17N3O4S. The molecule has 0 radical (unpaired) electrons. The van der Waals surface area contributed by atoms with Crippen LogP contribution in [-0.4, -0.2) is 31.0 Å². The van der Waals surface area contributed by atoms with Crippen molar-refractivity contribution >= 4 is 21.6 Å². The molecule has 118 valence electrons. The number of carbonyl (C=O) groups excluding carboxylic acids is 1. The second kappa shape index (κ2) is 5.82. The van der Waals surface area contributed by atoms with Gasteiger partial charge in [0, 0.05) is 13.2 Å². The smallest absolute Gasteiger partial charge is 0.272 e. The molecule has 1 aromatic heterocycles. The zero-order valence-electron chi connectivity index (χ0n) is 12.4. The van der Waals surface area contributed by atoms with Crippen molar-refractivity contribution in [2.45, 2.75) is 11.8 Å². The topological polar surface area (TPSA) is 100 Å². The van der Waals surface area contributed by atoms with Crippen LogP contribution in [0.15, 0.2) is 35.4 Å². The molecule has 0 aliphatic carbocycles. The van der Waals surface area contributed by atoms with Gasteiger partial charge in [-0.25, -0.2) is 13.1 Å². The number of benzene rings is 1. The zero-order chi connectivity index (χ0) is 16.5. The number of phenols is 1. The predicted octanol–water partition coefficient (Wildman–Crippen LogP) is 1.20. The van der Waals surface area contributed by atoms with Crippen LogP contribution in [-0.2, 0) is 17.1 Å². The minimum absolute atomic E-state index is 0.00391. The highest BCUT2D eigenvalue weighted by molar-refractivity contribution is 7.89. The Balaban J connectivity index is 2.31. The lowest BCUT2D eigenvalue weighted by Gasteiger charge is -2.08. The summed E-state index contributed by atoms with van der Waals surface area (Å²) in [5.74, 6) is -0.565. The van der Waals surface area contributed by atoms with Crippen molar-refractivity contribution in [2.75, 3.05) is 12.4 Å². The molecule has 0 saturated heterocycles. The first-order valence-electron chi connectivity index (χ1n) is 6.45. The van der Waals surface area contributed by atoms with E-state index in [-0.39, 0.29) is 22.0 Å². The average Bonchev–Trinajstić information content (AvgIpc) is 2.85. The highest BCUT2D eigenvalue weighted by atomic mass is 32.2. The molecule has 0 bridgehead atoms. The van der Waals surface area contributed by atoms with Crippen LogP contribution >= 0.6 is 0 Å². The summed E-state index contributed by atoms with van der Waals surface area (Å²) in [7, 11) is -0.754. The Bertz CT molecular complexity index is 825. The van der Waals surface area contributed by atoms with Crippen LogP contribution < -0.4 is 10.0 Å². The monoisotopic (exact) mass is 323 g/mol. The molecule has 2 rings (SSSR count). The Labute approximate surface area is 128 Å². The van der Waals surface area contributed by atoms with Crippen LogP contribution in [0.2, 0.25) is 0 Å². The molecule has 0 spiro atoms. The van der Waals surface area contributed by atoms with Crippen LogP contribution in [0.1, 0.15) is 16.1 Å². The molecule has 3 N–H and O–H groups in total. The highest BCUT2D eigenvalue weighted by Crippen LogP contribution is 2.24. The number of amides is 1. The van der Waals surface area contributed by atoms with E-state index in [0.717, 1.165) is 5.56 Å². The number of hydrogen-bond acceptors (Lipinski definition) is 4. The molecule has 0 saturated carbocycles. The van der Waals surface area contributed by atoms with Crippen molar-refractivity contribution in [3.8, 4) is 5.75 Å². The Kier molecular flexibility index (Phi) is 4.25. The maximum absolute atomic E-state index is 12.2. The van der Waals surface area contributed by atoms with Gasteiger partial charge in [0.1, 0.15) is 16.3 Å². The van der Waals surface area contributed by atoms with Gasteiger partial charge in [0.15, 0.2) is 0 Å². The van der Waals surface area contributed by atoms with Gasteiger partial charge >= 0.3 is 0 Å². The van der Waals surface area contributed by atoms with E-state index in [4.69, 9.17) is 0 Å². The van der Waals surface area contributed by atoms with Gasteiger partial charge in [-0.05, 0) is 37.7 Å². The fraction of sp³-hybridized carbons (Fsp3) is 0.214. The summed E-state index contributed by atoms with van der Waals surface area (Å²) >= 11 is 0. The van der Waals surface area contributed by atoms with E-state index in [1.165, 1.54) is 29.9 Å². The lowest BCUT2D eigenvalue weighted by molar-refractivity contribution is 0.101. The van der Waals surface area contributed by atoms with E-state index >= 15 is 0 Å². The van der Waals surface area contributed by atoms with Gasteiger partial charge in [-0.2, -0.15) is 0 Å². The normalized spacial score (nSPS) is 11.4. The van der Waals surface area contributed by atoms with Crippen LogP contribution in [0.25, 0.3) is 0 Å². The molecular weight excluding hydrogens is 306 g/mol. The number of aromatic hydroxyl groups is 1. The summed E-state index contributed by atoms with van der Waals surface area (Å²) in [6.07, 6.45) is 1.34. The number of hydrogen-bond donors (Lipinski definition) is 3. The number of carbonyl (C=O) groups is 1. The van der Waals surface area contributed by atoms with Gasteiger partial charge in [-0.3, -0.25) is 4.79 Å². The fourth-order valence-corrected chi connectivity index (χ4v) is 2.76. The minimum Gasteiger partial charge on any atom is -0.506 e. The molecule has 0 aliphatic heterocycles. The SMILES string of the molecule is CNS(=O)(=O)c1cc(C(=O)Nc2ccc(C)cc2O)n(C)c1. The summed E-state index contributed by atoms with van der Waals surface area (Å²) in [5, 5.41) is 12.4. The lowest BCUT2D eigenvalue weighted by atomic mass is 10.2. The minimum atomic E-state index is -3.62. The summed E-state index contributed by atoms with van der Waals surface area (Å²) in [6.45, 7) is 1.82. The first-order valence-corrected chi connectivity index (χ1v) is 7.94. The number of aryl methyl sites for hydroxylation is 2. The maximum Gasteiger partial charge on any atom is 0.272 e. The molecule has 0 atom stereocenters. The Morgan fingerprint density at radius 2 is 1.95 bits per heavy atom. The van der Waals surface area contributed by atoms with Gasteiger partial charge in [0.05, 0.1) is 5.69 Å². The molecule has 2 aromatic rings. The Morgan fingerprint density at radius 1 is 1.27 bits per heavy atom. The third kappa shape index (κ3) is 3.12. The third-order valence-corrected chi connectivity index (χ3v) is 4.57. The first kappa shape index (κ1) is 16.1. The number of anilines is 1. The summed E-state index contributed by atoms with van der Waals surface area (Å²) in [6, 6.07) is 6.12. The van der Waals surface area contributed by atoms with Gasteiger partial charge in [-0.1, -0.05) is 6.07 Å². The van der Waals surface area contributed by atoms with Gasteiger partial charge in [-0.15, -0.1) is 0 Å². The molecule has 0 unspecified atom stereocenters. The van der Waals surface area contributed by atoms with Gasteiger partial charge in [0.25, 0.3) is 5.91 Å². The van der Waals surface area contributed by atoms with Crippen molar-refractivity contribution in [3.63, 3.8) is 0 Å². The number of phenolic OH excluding ortho intramolecular Hbond substituents is 1. The van der Waals surface area contributed by atoms with Crippen LogP contribution in [0.4, 0.5) is 5.69 Å². The molecule has 8 heteroatoms. The largest absolute Gasteiger partial charge is 0.506 e. The molecule has 22 heavy (non-hydrogen) atoms. The quantitative estimate of drug-likeness (QED) is 0.736. The molecule has 1 aromatic carbocycles. The first-order chi connectivity index (χ1) is 10.2. The van der Waals surface area contributed by atoms with Crippen molar-refractivity contribution < 1.29 is 18.3 Å². The van der Waals surface area contributed by atoms with E-state index in [1.807, 2.05) is 6.92 Å². The molecule has 7 nitrogen and oxygen atoms in total. The van der Waals surface area contributed by atoms with E-state index in [1.54, 1.807) is 19.2 Å². The Morgan fingerprint density at radius 3 is 2.55 bits per heavy atom. The third-order valence-electron chi connectivity index (χ3n) is 3.19. The zero-order valence-corrected chi connectivity index (χ0v) is 13.2. The summed E-state index contributed by atoms with van der Waals surface area (Å²) < 4.78 is 27.1. The molecule has 0 fully saturated rings. The number of aromatic nitrogens is 1. The van der Waals surface area contributed by atoms with Crippen LogP contribution in [0.5, 0.6) is 5.75 Å². The fourth-order valence-electron chi connectivity index (χ4n) is 1.96. The summed E-state index contributed by atoms with van der Waals surface area (Å²) in [5.41, 5.74) is 1.28. The van der Waals surface area contributed by atoms with Gasteiger partial charge < -0.3 is 15.0 Å². The lowest BCUT2D eigenvalue weighted by Crippen LogP contribution is -2.18. The van der Waals surface area contributed by atoms with Crippen LogP contribution in [0.3, 0.4) is 0 Å². The van der Waals surface area contributed by atoms with Crippen molar-refractivity contribution in [3.05, 3.63) is 41.7 Å². The number of nitrogens with one attached hydrogen (secondary N) is 2. The average molecular weight is 323 g/mol. The number of sulfonamides is 1. The standard InChI is InChI=1S/C14H17N3O4S/c1-9-4-5-11(13(18)6-9)16-14(19)12-7-10(8-17(12)3)22(20,21)15-2/h4-8,15,18H,1-3H3,(H,16,19). The van der Waals surface area contributed by atoms with Crippen molar-refractivity contribution in [2.24, 2.45) is 7.05 Å². The predicted molar refractivity (Wildman–Crippen MR) is 82.5 cm³/mol. The maximum atomic E-state index is 12.2. The summed E-state index contributed by atoms with van der Waals surface area (Å²) in [4.78, 5) is 12.2. The number of nitrogens with zero attached hydrogens (tertiary/aromatic N) is 1. The van der Waals surface area contributed by atoms with Crippen molar-refractivity contribution in [1.29, 1.82) is 0 Å². The van der Waals surface area contributed by atoms with E-state index in [9.17, 15) is 18.3 Å². The van der Waals surface area contributed by atoms with Crippen LogP contribution in [0, 0.1) is 6.92 Å². The molecule has 1 heterocycles. The molecule has 1 amide bonds. The second-order valence-corrected chi connectivity index (χ2v) is 6.74. The van der Waals surface area contributed by atoms with E-state index in [0.29, 0.717) is 0 Å². The van der Waals surface area contributed by atoms with E-state index in [2.05, 4.69) is 10.0 Å².